The van der Waals surface area contributed by atoms with E-state index >= 15 is 0 Å². The maximum atomic E-state index is 11.1. The van der Waals surface area contributed by atoms with Crippen molar-refractivity contribution in [3.8, 4) is 0 Å². The molecule has 11 heavy (non-hydrogen) atoms. The average molecular weight is 156 g/mol. The first kappa shape index (κ1) is 8.04. The Balaban J connectivity index is 2.61. The molecule has 2 amide bonds. The van der Waals surface area contributed by atoms with Crippen LogP contribution >= 0.6 is 0 Å². The van der Waals surface area contributed by atoms with Gasteiger partial charge in [0.1, 0.15) is 0 Å². The SMILES string of the molecule is CC(C)N1NC(=O)CCC1=O. The first-order valence-electron chi connectivity index (χ1n) is 3.73. The van der Waals surface area contributed by atoms with Crippen LogP contribution in [0.2, 0.25) is 0 Å². The number of amides is 2. The molecule has 1 N–H and O–H groups in total. The fourth-order valence-electron chi connectivity index (χ4n) is 1.01. The van der Waals surface area contributed by atoms with Gasteiger partial charge < -0.3 is 0 Å². The quantitative estimate of drug-likeness (QED) is 0.583. The van der Waals surface area contributed by atoms with E-state index in [-0.39, 0.29) is 17.9 Å². The first-order valence-corrected chi connectivity index (χ1v) is 3.73. The minimum absolute atomic E-state index is 0.000370. The molecule has 0 aromatic heterocycles. The second-order valence-corrected chi connectivity index (χ2v) is 2.89. The largest absolute Gasteiger partial charge is 0.273 e. The van der Waals surface area contributed by atoms with E-state index in [0.717, 1.165) is 0 Å². The zero-order valence-electron chi connectivity index (χ0n) is 6.76. The van der Waals surface area contributed by atoms with E-state index in [4.69, 9.17) is 0 Å². The Morgan fingerprint density at radius 2 is 2.00 bits per heavy atom. The monoisotopic (exact) mass is 156 g/mol. The molecule has 1 fully saturated rings. The van der Waals surface area contributed by atoms with Crippen LogP contribution in [0.4, 0.5) is 0 Å². The highest BCUT2D eigenvalue weighted by Crippen LogP contribution is 2.06. The molecule has 0 saturated carbocycles. The molecule has 1 aliphatic heterocycles. The molecule has 0 spiro atoms. The summed E-state index contributed by atoms with van der Waals surface area (Å²) in [4.78, 5) is 21.9. The summed E-state index contributed by atoms with van der Waals surface area (Å²) in [6.45, 7) is 3.73. The van der Waals surface area contributed by atoms with Crippen molar-refractivity contribution in [1.29, 1.82) is 0 Å². The number of carbonyl (C=O) groups excluding carboxylic acids is 2. The maximum absolute atomic E-state index is 11.1. The topological polar surface area (TPSA) is 49.4 Å². The van der Waals surface area contributed by atoms with Gasteiger partial charge >= 0.3 is 0 Å². The normalized spacial score (nSPS) is 19.0. The van der Waals surface area contributed by atoms with E-state index in [0.29, 0.717) is 12.8 Å². The van der Waals surface area contributed by atoms with E-state index in [9.17, 15) is 9.59 Å². The Hall–Kier alpha value is -1.06. The van der Waals surface area contributed by atoms with Gasteiger partial charge in [0, 0.05) is 18.9 Å². The number of hydrogen-bond acceptors (Lipinski definition) is 2. The molecular weight excluding hydrogens is 144 g/mol. The molecule has 1 heterocycles. The van der Waals surface area contributed by atoms with Crippen molar-refractivity contribution in [3.05, 3.63) is 0 Å². The van der Waals surface area contributed by atoms with Gasteiger partial charge in [-0.3, -0.25) is 20.0 Å². The minimum Gasteiger partial charge on any atom is -0.273 e. The molecule has 1 aliphatic rings. The van der Waals surface area contributed by atoms with Crippen LogP contribution in [-0.2, 0) is 9.59 Å². The van der Waals surface area contributed by atoms with E-state index in [1.807, 2.05) is 13.8 Å². The molecule has 1 saturated heterocycles. The second kappa shape index (κ2) is 2.90. The van der Waals surface area contributed by atoms with Gasteiger partial charge in [0.2, 0.25) is 11.8 Å². The number of nitrogens with zero attached hydrogens (tertiary/aromatic N) is 1. The molecule has 4 nitrogen and oxygen atoms in total. The Morgan fingerprint density at radius 3 is 2.45 bits per heavy atom. The van der Waals surface area contributed by atoms with Crippen molar-refractivity contribution >= 4 is 11.8 Å². The summed E-state index contributed by atoms with van der Waals surface area (Å²) >= 11 is 0. The lowest BCUT2D eigenvalue weighted by Gasteiger charge is -2.30. The summed E-state index contributed by atoms with van der Waals surface area (Å²) in [5, 5.41) is 1.38. The fourth-order valence-corrected chi connectivity index (χ4v) is 1.01. The van der Waals surface area contributed by atoms with Gasteiger partial charge in [-0.05, 0) is 13.8 Å². The lowest BCUT2D eigenvalue weighted by molar-refractivity contribution is -0.149. The number of nitrogens with one attached hydrogen (secondary N) is 1. The van der Waals surface area contributed by atoms with E-state index in [2.05, 4.69) is 5.43 Å². The number of rotatable bonds is 1. The third-order valence-electron chi connectivity index (χ3n) is 1.60. The van der Waals surface area contributed by atoms with Crippen LogP contribution in [0.3, 0.4) is 0 Å². The van der Waals surface area contributed by atoms with Gasteiger partial charge in [0.25, 0.3) is 0 Å². The molecule has 62 valence electrons. The summed E-state index contributed by atoms with van der Waals surface area (Å²) in [5.74, 6) is -0.0714. The zero-order chi connectivity index (χ0) is 8.43. The molecule has 0 aromatic rings. The molecule has 0 bridgehead atoms. The number of hydrazine groups is 1. The van der Waals surface area contributed by atoms with E-state index in [1.54, 1.807) is 0 Å². The van der Waals surface area contributed by atoms with Crippen LogP contribution in [0.15, 0.2) is 0 Å². The summed E-state index contributed by atoms with van der Waals surface area (Å²) in [6.07, 6.45) is 0.659. The summed E-state index contributed by atoms with van der Waals surface area (Å²) in [7, 11) is 0. The predicted octanol–water partition coefficient (Wildman–Crippen LogP) is 0.0484. The van der Waals surface area contributed by atoms with Gasteiger partial charge in [-0.2, -0.15) is 0 Å². The third-order valence-corrected chi connectivity index (χ3v) is 1.60. The van der Waals surface area contributed by atoms with Crippen LogP contribution in [0.1, 0.15) is 26.7 Å². The molecule has 0 atom stereocenters. The van der Waals surface area contributed by atoms with Crippen LogP contribution in [0, 0.1) is 0 Å². The van der Waals surface area contributed by atoms with Crippen molar-refractivity contribution in [2.75, 3.05) is 0 Å². The number of hydrogen-bond donors (Lipinski definition) is 1. The zero-order valence-corrected chi connectivity index (χ0v) is 6.76. The van der Waals surface area contributed by atoms with Gasteiger partial charge in [-0.1, -0.05) is 0 Å². The van der Waals surface area contributed by atoms with Gasteiger partial charge in [-0.15, -0.1) is 0 Å². The van der Waals surface area contributed by atoms with Crippen molar-refractivity contribution in [3.63, 3.8) is 0 Å². The lowest BCUT2D eigenvalue weighted by Crippen LogP contribution is -2.53. The Bertz CT molecular complexity index is 189. The summed E-state index contributed by atoms with van der Waals surface area (Å²) in [6, 6.07) is 0.0479. The molecule has 0 radical (unpaired) electrons. The molecule has 4 heteroatoms. The van der Waals surface area contributed by atoms with Crippen molar-refractivity contribution < 1.29 is 9.59 Å². The highest BCUT2D eigenvalue weighted by molar-refractivity contribution is 5.89. The predicted molar refractivity (Wildman–Crippen MR) is 39.4 cm³/mol. The smallest absolute Gasteiger partial charge is 0.241 e. The molecule has 0 aromatic carbocycles. The minimum atomic E-state index is -0.0710. The van der Waals surface area contributed by atoms with Crippen molar-refractivity contribution in [2.24, 2.45) is 0 Å². The van der Waals surface area contributed by atoms with Gasteiger partial charge in [0.05, 0.1) is 0 Å². The van der Waals surface area contributed by atoms with Crippen LogP contribution in [0.5, 0.6) is 0 Å². The molecule has 0 unspecified atom stereocenters. The Kier molecular flexibility index (Phi) is 2.12. The van der Waals surface area contributed by atoms with Crippen LogP contribution in [0.25, 0.3) is 0 Å². The second-order valence-electron chi connectivity index (χ2n) is 2.89. The van der Waals surface area contributed by atoms with Gasteiger partial charge in [-0.25, -0.2) is 0 Å². The van der Waals surface area contributed by atoms with E-state index in [1.165, 1.54) is 5.01 Å². The fraction of sp³-hybridized carbons (Fsp3) is 0.714. The third kappa shape index (κ3) is 1.69. The first-order chi connectivity index (χ1) is 5.11. The van der Waals surface area contributed by atoms with Crippen molar-refractivity contribution in [1.82, 2.24) is 10.4 Å². The van der Waals surface area contributed by atoms with Crippen LogP contribution < -0.4 is 5.43 Å². The lowest BCUT2D eigenvalue weighted by atomic mass is 10.2. The average Bonchev–Trinajstić information content (AvgIpc) is 1.94. The van der Waals surface area contributed by atoms with Gasteiger partial charge in [0.15, 0.2) is 0 Å². The Morgan fingerprint density at radius 1 is 1.36 bits per heavy atom. The van der Waals surface area contributed by atoms with E-state index < -0.39 is 0 Å². The summed E-state index contributed by atoms with van der Waals surface area (Å²) in [5.41, 5.74) is 2.51. The van der Waals surface area contributed by atoms with Crippen LogP contribution in [-0.4, -0.2) is 22.9 Å². The summed E-state index contributed by atoms with van der Waals surface area (Å²) < 4.78 is 0. The Labute approximate surface area is 65.5 Å². The molecule has 0 aliphatic carbocycles. The molecular formula is C7H12N2O2. The highest BCUT2D eigenvalue weighted by atomic mass is 16.2. The van der Waals surface area contributed by atoms with Crippen molar-refractivity contribution in [2.45, 2.75) is 32.7 Å². The number of carbonyl (C=O) groups is 2. The highest BCUT2D eigenvalue weighted by Gasteiger charge is 2.24. The molecule has 1 rings (SSSR count). The standard InChI is InChI=1S/C7H12N2O2/c1-5(2)9-7(11)4-3-6(10)8-9/h5H,3-4H2,1-2H3,(H,8,10). The maximum Gasteiger partial charge on any atom is 0.241 e.